The lowest BCUT2D eigenvalue weighted by Crippen LogP contribution is -2.43. The number of amides is 3. The molecule has 0 aliphatic rings. The van der Waals surface area contributed by atoms with Crippen LogP contribution >= 0.6 is 0 Å². The van der Waals surface area contributed by atoms with Crippen LogP contribution in [-0.4, -0.2) is 38.2 Å². The van der Waals surface area contributed by atoms with Gasteiger partial charge in [-0.25, -0.2) is 9.59 Å². The number of carbonyl (C=O) groups is 3. The van der Waals surface area contributed by atoms with Gasteiger partial charge in [0.15, 0.2) is 6.10 Å². The Morgan fingerprint density at radius 1 is 1.25 bits per heavy atom. The summed E-state index contributed by atoms with van der Waals surface area (Å²) in [4.78, 5) is 35.1. The molecule has 8 nitrogen and oxygen atoms in total. The second-order valence-electron chi connectivity index (χ2n) is 5.03. The summed E-state index contributed by atoms with van der Waals surface area (Å²) in [5, 5.41) is 4.97. The van der Waals surface area contributed by atoms with Crippen LogP contribution in [0.3, 0.4) is 0 Å². The summed E-state index contributed by atoms with van der Waals surface area (Å²) in [7, 11) is 2.91. The molecule has 1 aromatic heterocycles. The summed E-state index contributed by atoms with van der Waals surface area (Å²) in [5.41, 5.74) is 1.08. The van der Waals surface area contributed by atoms with E-state index in [9.17, 15) is 14.4 Å². The maximum atomic E-state index is 12.2. The number of ether oxygens (including phenoxy) is 2. The molecule has 24 heavy (non-hydrogen) atoms. The normalized spacial score (nSPS) is 11.7. The molecule has 1 heterocycles. The van der Waals surface area contributed by atoms with Crippen molar-refractivity contribution < 1.29 is 28.3 Å². The highest BCUT2D eigenvalue weighted by molar-refractivity contribution is 6.00. The molecule has 1 atom stereocenters. The SMILES string of the molecule is CNC(=O)NC(=O)[C@@H](C)OC(=O)c1oc2ccc(OC)cc2c1C. The van der Waals surface area contributed by atoms with Gasteiger partial charge in [-0.1, -0.05) is 0 Å². The molecule has 3 amide bonds. The Morgan fingerprint density at radius 3 is 2.58 bits per heavy atom. The summed E-state index contributed by atoms with van der Waals surface area (Å²) >= 11 is 0. The molecule has 128 valence electrons. The van der Waals surface area contributed by atoms with E-state index in [0.717, 1.165) is 0 Å². The summed E-state index contributed by atoms with van der Waals surface area (Å²) < 4.78 is 15.7. The van der Waals surface area contributed by atoms with Gasteiger partial charge in [0.2, 0.25) is 5.76 Å². The molecule has 0 aliphatic heterocycles. The highest BCUT2D eigenvalue weighted by atomic mass is 16.6. The topological polar surface area (TPSA) is 107 Å². The number of methoxy groups -OCH3 is 1. The Kier molecular flexibility index (Phi) is 5.08. The number of hydrogen-bond donors (Lipinski definition) is 2. The van der Waals surface area contributed by atoms with Gasteiger partial charge in [0.05, 0.1) is 7.11 Å². The van der Waals surface area contributed by atoms with Gasteiger partial charge in [0, 0.05) is 18.0 Å². The number of furan rings is 1. The van der Waals surface area contributed by atoms with Crippen LogP contribution in [-0.2, 0) is 9.53 Å². The smallest absolute Gasteiger partial charge is 0.375 e. The number of esters is 1. The summed E-state index contributed by atoms with van der Waals surface area (Å²) in [6, 6.07) is 4.45. The van der Waals surface area contributed by atoms with Crippen LogP contribution in [0, 0.1) is 6.92 Å². The Morgan fingerprint density at radius 2 is 1.96 bits per heavy atom. The van der Waals surface area contributed by atoms with Gasteiger partial charge in [-0.15, -0.1) is 0 Å². The molecule has 2 aromatic rings. The van der Waals surface area contributed by atoms with Crippen molar-refractivity contribution in [1.29, 1.82) is 0 Å². The van der Waals surface area contributed by atoms with E-state index in [4.69, 9.17) is 13.9 Å². The van der Waals surface area contributed by atoms with Crippen molar-refractivity contribution in [3.8, 4) is 5.75 Å². The van der Waals surface area contributed by atoms with Crippen molar-refractivity contribution in [2.75, 3.05) is 14.2 Å². The van der Waals surface area contributed by atoms with Crippen molar-refractivity contribution in [3.63, 3.8) is 0 Å². The zero-order chi connectivity index (χ0) is 17.9. The summed E-state index contributed by atoms with van der Waals surface area (Å²) in [6.45, 7) is 3.06. The number of carbonyl (C=O) groups excluding carboxylic acids is 3. The van der Waals surface area contributed by atoms with E-state index in [2.05, 4.69) is 5.32 Å². The van der Waals surface area contributed by atoms with Gasteiger partial charge in [-0.2, -0.15) is 0 Å². The first-order chi connectivity index (χ1) is 11.4. The molecule has 2 rings (SSSR count). The first kappa shape index (κ1) is 17.3. The lowest BCUT2D eigenvalue weighted by atomic mass is 10.1. The Labute approximate surface area is 138 Å². The van der Waals surface area contributed by atoms with E-state index in [0.29, 0.717) is 22.3 Å². The number of aryl methyl sites for hydroxylation is 1. The predicted molar refractivity (Wildman–Crippen MR) is 85.0 cm³/mol. The van der Waals surface area contributed by atoms with Gasteiger partial charge in [-0.3, -0.25) is 10.1 Å². The molecule has 0 aliphatic carbocycles. The zero-order valence-electron chi connectivity index (χ0n) is 13.8. The van der Waals surface area contributed by atoms with Crippen LogP contribution in [0.2, 0.25) is 0 Å². The second-order valence-corrected chi connectivity index (χ2v) is 5.03. The minimum Gasteiger partial charge on any atom is -0.497 e. The third-order valence-electron chi connectivity index (χ3n) is 3.45. The van der Waals surface area contributed by atoms with Gasteiger partial charge in [0.25, 0.3) is 5.91 Å². The van der Waals surface area contributed by atoms with Crippen LogP contribution < -0.4 is 15.4 Å². The minimum atomic E-state index is -1.16. The Bertz CT molecular complexity index is 795. The van der Waals surface area contributed by atoms with Crippen molar-refractivity contribution in [2.24, 2.45) is 0 Å². The number of nitrogens with one attached hydrogen (secondary N) is 2. The van der Waals surface area contributed by atoms with E-state index < -0.39 is 24.0 Å². The van der Waals surface area contributed by atoms with E-state index in [1.807, 2.05) is 5.32 Å². The number of rotatable bonds is 4. The molecule has 0 bridgehead atoms. The highest BCUT2D eigenvalue weighted by Crippen LogP contribution is 2.29. The molecule has 0 radical (unpaired) electrons. The first-order valence-electron chi connectivity index (χ1n) is 7.18. The monoisotopic (exact) mass is 334 g/mol. The summed E-state index contributed by atoms with van der Waals surface area (Å²) in [5.74, 6) is -0.900. The second kappa shape index (κ2) is 7.03. The predicted octanol–water partition coefficient (Wildman–Crippen LogP) is 1.75. The molecule has 0 saturated carbocycles. The number of benzene rings is 1. The molecular weight excluding hydrogens is 316 g/mol. The van der Waals surface area contributed by atoms with Crippen LogP contribution in [0.4, 0.5) is 4.79 Å². The van der Waals surface area contributed by atoms with Crippen molar-refractivity contribution in [3.05, 3.63) is 29.5 Å². The fourth-order valence-corrected chi connectivity index (χ4v) is 2.07. The number of hydrogen-bond acceptors (Lipinski definition) is 6. The first-order valence-corrected chi connectivity index (χ1v) is 7.18. The van der Waals surface area contributed by atoms with Gasteiger partial charge < -0.3 is 19.2 Å². The molecule has 1 aromatic carbocycles. The fraction of sp³-hybridized carbons (Fsp3) is 0.312. The molecular formula is C16H18N2O6. The van der Waals surface area contributed by atoms with Gasteiger partial charge >= 0.3 is 12.0 Å². The number of imide groups is 1. The average Bonchev–Trinajstić information content (AvgIpc) is 2.90. The van der Waals surface area contributed by atoms with Crippen molar-refractivity contribution >= 4 is 28.9 Å². The Hall–Kier alpha value is -3.03. The largest absolute Gasteiger partial charge is 0.497 e. The quantitative estimate of drug-likeness (QED) is 0.825. The molecule has 0 fully saturated rings. The van der Waals surface area contributed by atoms with Gasteiger partial charge in [0.1, 0.15) is 11.3 Å². The molecule has 0 saturated heterocycles. The number of urea groups is 1. The van der Waals surface area contributed by atoms with E-state index in [1.54, 1.807) is 32.2 Å². The van der Waals surface area contributed by atoms with Crippen LogP contribution in [0.1, 0.15) is 23.0 Å². The fourth-order valence-electron chi connectivity index (χ4n) is 2.07. The third-order valence-corrected chi connectivity index (χ3v) is 3.45. The zero-order valence-corrected chi connectivity index (χ0v) is 13.8. The minimum absolute atomic E-state index is 0.00199. The van der Waals surface area contributed by atoms with Gasteiger partial charge in [-0.05, 0) is 32.0 Å². The maximum Gasteiger partial charge on any atom is 0.375 e. The lowest BCUT2D eigenvalue weighted by Gasteiger charge is -2.11. The standard InChI is InChI=1S/C16H18N2O6/c1-8-11-7-10(22-4)5-6-12(11)24-13(8)15(20)23-9(2)14(19)18-16(21)17-3/h5-7,9H,1-4H3,(H2,17,18,19,21)/t9-/m1/s1. The summed E-state index contributed by atoms with van der Waals surface area (Å²) in [6.07, 6.45) is -1.16. The van der Waals surface area contributed by atoms with E-state index in [-0.39, 0.29) is 5.76 Å². The molecule has 8 heteroatoms. The highest BCUT2D eigenvalue weighted by Gasteiger charge is 2.25. The third kappa shape index (κ3) is 3.48. The lowest BCUT2D eigenvalue weighted by molar-refractivity contribution is -0.128. The van der Waals surface area contributed by atoms with Crippen molar-refractivity contribution in [1.82, 2.24) is 10.6 Å². The molecule has 2 N–H and O–H groups in total. The molecule has 0 unspecified atom stereocenters. The van der Waals surface area contributed by atoms with Crippen molar-refractivity contribution in [2.45, 2.75) is 20.0 Å². The average molecular weight is 334 g/mol. The van der Waals surface area contributed by atoms with Crippen LogP contribution in [0.25, 0.3) is 11.0 Å². The number of fused-ring (bicyclic) bond motifs is 1. The Balaban J connectivity index is 2.18. The van der Waals surface area contributed by atoms with Crippen LogP contribution in [0.5, 0.6) is 5.75 Å². The van der Waals surface area contributed by atoms with E-state index >= 15 is 0 Å². The van der Waals surface area contributed by atoms with E-state index in [1.165, 1.54) is 14.0 Å². The maximum absolute atomic E-state index is 12.2. The molecule has 0 spiro atoms. The van der Waals surface area contributed by atoms with Crippen LogP contribution in [0.15, 0.2) is 22.6 Å².